The van der Waals surface area contributed by atoms with E-state index >= 15 is 0 Å². The molecule has 5 nitrogen and oxygen atoms in total. The van der Waals surface area contributed by atoms with Crippen LogP contribution in [0.1, 0.15) is 21.6 Å². The summed E-state index contributed by atoms with van der Waals surface area (Å²) in [6.45, 7) is 3.81. The summed E-state index contributed by atoms with van der Waals surface area (Å²) in [6, 6.07) is 14.7. The van der Waals surface area contributed by atoms with Crippen molar-refractivity contribution < 1.29 is 22.7 Å². The van der Waals surface area contributed by atoms with E-state index in [0.29, 0.717) is 28.1 Å². The maximum absolute atomic E-state index is 12.7. The van der Waals surface area contributed by atoms with Crippen LogP contribution in [0.5, 0.6) is 11.5 Å². The van der Waals surface area contributed by atoms with Gasteiger partial charge in [-0.3, -0.25) is 14.8 Å². The lowest BCUT2D eigenvalue weighted by molar-refractivity contribution is -0.137. The van der Waals surface area contributed by atoms with Crippen molar-refractivity contribution in [3.05, 3.63) is 103 Å². The highest BCUT2D eigenvalue weighted by Gasteiger charge is 2.30. The average molecular weight is 435 g/mol. The van der Waals surface area contributed by atoms with Gasteiger partial charge < -0.3 is 10.1 Å². The van der Waals surface area contributed by atoms with E-state index in [9.17, 15) is 18.0 Å². The third-order valence-corrected chi connectivity index (χ3v) is 4.65. The fourth-order valence-corrected chi connectivity index (χ4v) is 3.05. The van der Waals surface area contributed by atoms with Crippen molar-refractivity contribution >= 4 is 22.4 Å². The quantitative estimate of drug-likeness (QED) is 0.428. The van der Waals surface area contributed by atoms with Crippen molar-refractivity contribution in [2.75, 3.05) is 0 Å². The molecule has 1 N–H and O–H groups in total. The van der Waals surface area contributed by atoms with Crippen LogP contribution >= 0.6 is 0 Å². The number of alkyl halides is 3. The van der Waals surface area contributed by atoms with E-state index < -0.39 is 11.7 Å². The number of benzene rings is 3. The van der Waals surface area contributed by atoms with Gasteiger partial charge in [0.25, 0.3) is 5.91 Å². The van der Waals surface area contributed by atoms with Crippen LogP contribution in [-0.2, 0) is 6.18 Å². The summed E-state index contributed by atoms with van der Waals surface area (Å²) in [5.41, 5.74) is 0.423. The minimum atomic E-state index is -4.41. The Labute approximate surface area is 181 Å². The number of amides is 1. The summed E-state index contributed by atoms with van der Waals surface area (Å²) in [5, 5.41) is 4.12. The van der Waals surface area contributed by atoms with E-state index in [1.165, 1.54) is 30.7 Å². The molecule has 0 radical (unpaired) electrons. The maximum atomic E-state index is 12.7. The van der Waals surface area contributed by atoms with Crippen molar-refractivity contribution in [3.63, 3.8) is 0 Å². The van der Waals surface area contributed by atoms with Gasteiger partial charge in [-0.1, -0.05) is 18.7 Å². The molecule has 32 heavy (non-hydrogen) atoms. The van der Waals surface area contributed by atoms with E-state index in [-0.39, 0.29) is 11.7 Å². The van der Waals surface area contributed by atoms with Crippen LogP contribution in [0.25, 0.3) is 16.5 Å². The van der Waals surface area contributed by atoms with Crippen LogP contribution in [0.4, 0.5) is 13.2 Å². The van der Waals surface area contributed by atoms with Gasteiger partial charge in [-0.25, -0.2) is 0 Å². The van der Waals surface area contributed by atoms with Gasteiger partial charge >= 0.3 is 6.18 Å². The van der Waals surface area contributed by atoms with Crippen LogP contribution in [0.3, 0.4) is 0 Å². The number of halogens is 3. The highest BCUT2D eigenvalue weighted by Crippen LogP contribution is 2.33. The van der Waals surface area contributed by atoms with Crippen LogP contribution in [0.15, 0.2) is 85.8 Å². The number of carbonyl (C=O) groups is 1. The molecule has 0 saturated heterocycles. The molecular formula is C24H16F3N3O2. The zero-order valence-corrected chi connectivity index (χ0v) is 16.6. The summed E-state index contributed by atoms with van der Waals surface area (Å²) >= 11 is 0. The molecule has 4 rings (SSSR count). The second-order valence-corrected chi connectivity index (χ2v) is 6.84. The number of ether oxygens (including phenoxy) is 1. The van der Waals surface area contributed by atoms with Gasteiger partial charge in [0.2, 0.25) is 0 Å². The van der Waals surface area contributed by atoms with Gasteiger partial charge in [0.15, 0.2) is 0 Å². The van der Waals surface area contributed by atoms with Gasteiger partial charge in [-0.05, 0) is 53.9 Å². The van der Waals surface area contributed by atoms with Crippen LogP contribution in [0, 0.1) is 0 Å². The summed E-state index contributed by atoms with van der Waals surface area (Å²) in [5.74, 6) is 0.363. The molecule has 0 atom stereocenters. The summed E-state index contributed by atoms with van der Waals surface area (Å²) in [7, 11) is 0. The minimum absolute atomic E-state index is 0.271. The molecule has 1 heterocycles. The van der Waals surface area contributed by atoms with Crippen molar-refractivity contribution in [3.8, 4) is 11.5 Å². The molecule has 8 heteroatoms. The smallest absolute Gasteiger partial charge is 0.416 e. The van der Waals surface area contributed by atoms with Crippen LogP contribution in [0.2, 0.25) is 0 Å². The third kappa shape index (κ3) is 4.59. The van der Waals surface area contributed by atoms with E-state index in [1.807, 2.05) is 6.07 Å². The molecule has 160 valence electrons. The van der Waals surface area contributed by atoms with Crippen molar-refractivity contribution in [2.45, 2.75) is 6.18 Å². The largest absolute Gasteiger partial charge is 0.457 e. The number of fused-ring (bicyclic) bond motifs is 1. The highest BCUT2D eigenvalue weighted by molar-refractivity contribution is 6.02. The third-order valence-electron chi connectivity index (χ3n) is 4.65. The molecule has 0 spiro atoms. The average Bonchev–Trinajstić information content (AvgIpc) is 2.79. The normalized spacial score (nSPS) is 11.2. The Kier molecular flexibility index (Phi) is 5.59. The second kappa shape index (κ2) is 8.50. The predicted molar refractivity (Wildman–Crippen MR) is 114 cm³/mol. The van der Waals surface area contributed by atoms with E-state index in [0.717, 1.165) is 17.5 Å². The van der Waals surface area contributed by atoms with E-state index in [1.54, 1.807) is 30.3 Å². The van der Waals surface area contributed by atoms with Gasteiger partial charge in [0.05, 0.1) is 17.5 Å². The lowest BCUT2D eigenvalue weighted by Crippen LogP contribution is -2.21. The first-order valence-electron chi connectivity index (χ1n) is 9.46. The molecule has 1 amide bonds. The van der Waals surface area contributed by atoms with Gasteiger partial charge in [-0.15, -0.1) is 0 Å². The summed E-state index contributed by atoms with van der Waals surface area (Å²) in [6.07, 6.45) is 0.106. The van der Waals surface area contributed by atoms with E-state index in [4.69, 9.17) is 4.74 Å². The Morgan fingerprint density at radius 1 is 1.00 bits per heavy atom. The van der Waals surface area contributed by atoms with E-state index in [2.05, 4.69) is 21.9 Å². The fraction of sp³-hybridized carbons (Fsp3) is 0.0417. The predicted octanol–water partition coefficient (Wildman–Crippen LogP) is 5.84. The van der Waals surface area contributed by atoms with Crippen molar-refractivity contribution in [1.29, 1.82) is 0 Å². The molecule has 3 aromatic carbocycles. The maximum Gasteiger partial charge on any atom is 0.416 e. The Bertz CT molecular complexity index is 1290. The topological polar surface area (TPSA) is 64.1 Å². The zero-order chi connectivity index (χ0) is 22.7. The molecule has 0 unspecified atom stereocenters. The standard InChI is InChI=1S/C24H16F3N3O2/c1-15(21-14-28-11-12-29-21)30-23(31)17-5-10-20-16(13-17)3-2-4-22(20)32-19-8-6-18(7-9-19)24(25,26)27/h2-14H,1H2,(H,30,31). The monoisotopic (exact) mass is 435 g/mol. The number of hydrogen-bond donors (Lipinski definition) is 1. The SMILES string of the molecule is C=C(NC(=O)c1ccc2c(Oc3ccc(C(F)(F)F)cc3)cccc2c1)c1cnccn1. The Hall–Kier alpha value is -4.20. The lowest BCUT2D eigenvalue weighted by Gasteiger charge is -2.12. The minimum Gasteiger partial charge on any atom is -0.457 e. The Balaban J connectivity index is 1.54. The van der Waals surface area contributed by atoms with Gasteiger partial charge in [0.1, 0.15) is 17.2 Å². The summed E-state index contributed by atoms with van der Waals surface area (Å²) in [4.78, 5) is 20.7. The molecule has 0 saturated carbocycles. The molecule has 0 bridgehead atoms. The molecular weight excluding hydrogens is 419 g/mol. The lowest BCUT2D eigenvalue weighted by atomic mass is 10.1. The number of rotatable bonds is 5. The highest BCUT2D eigenvalue weighted by atomic mass is 19.4. The summed E-state index contributed by atoms with van der Waals surface area (Å²) < 4.78 is 44.0. The number of nitrogens with zero attached hydrogens (tertiary/aromatic N) is 2. The first-order chi connectivity index (χ1) is 15.3. The first-order valence-corrected chi connectivity index (χ1v) is 9.46. The Morgan fingerprint density at radius 3 is 2.47 bits per heavy atom. The number of hydrogen-bond acceptors (Lipinski definition) is 4. The number of aromatic nitrogens is 2. The molecule has 1 aromatic heterocycles. The second-order valence-electron chi connectivity index (χ2n) is 6.84. The zero-order valence-electron chi connectivity index (χ0n) is 16.6. The number of carbonyl (C=O) groups excluding carboxylic acids is 1. The van der Waals surface area contributed by atoms with Crippen LogP contribution < -0.4 is 10.1 Å². The molecule has 4 aromatic rings. The molecule has 0 aliphatic heterocycles. The van der Waals surface area contributed by atoms with Crippen LogP contribution in [-0.4, -0.2) is 15.9 Å². The molecule has 0 fully saturated rings. The van der Waals surface area contributed by atoms with Crippen molar-refractivity contribution in [2.24, 2.45) is 0 Å². The number of nitrogens with one attached hydrogen (secondary N) is 1. The Morgan fingerprint density at radius 2 is 1.78 bits per heavy atom. The van der Waals surface area contributed by atoms with Gasteiger partial charge in [-0.2, -0.15) is 13.2 Å². The van der Waals surface area contributed by atoms with Gasteiger partial charge in [0, 0.05) is 23.3 Å². The molecule has 0 aliphatic carbocycles. The first kappa shape index (κ1) is 21.0. The molecule has 0 aliphatic rings. The fourth-order valence-electron chi connectivity index (χ4n) is 3.05. The van der Waals surface area contributed by atoms with Crippen molar-refractivity contribution in [1.82, 2.24) is 15.3 Å².